The zero-order valence-electron chi connectivity index (χ0n) is 8.93. The first-order valence-corrected chi connectivity index (χ1v) is 5.86. The molecular formula is C12H12N2OS. The van der Waals surface area contributed by atoms with Gasteiger partial charge in [-0.3, -0.25) is 9.78 Å². The summed E-state index contributed by atoms with van der Waals surface area (Å²) in [6.07, 6.45) is 3.53. The molecule has 0 fully saturated rings. The van der Waals surface area contributed by atoms with Crippen LogP contribution in [0.5, 0.6) is 0 Å². The fourth-order valence-corrected chi connectivity index (χ4v) is 2.01. The Morgan fingerprint density at radius 1 is 1.50 bits per heavy atom. The van der Waals surface area contributed by atoms with Crippen LogP contribution in [0.1, 0.15) is 20.8 Å². The topological polar surface area (TPSA) is 42.0 Å². The lowest BCUT2D eigenvalue weighted by Gasteiger charge is -2.06. The van der Waals surface area contributed by atoms with Gasteiger partial charge in [0.15, 0.2) is 0 Å². The SMILES string of the molecule is Cc1cnccc1CNC(=O)c1cccs1. The Kier molecular flexibility index (Phi) is 3.31. The molecule has 4 heteroatoms. The molecule has 0 aliphatic carbocycles. The Bertz CT molecular complexity index is 480. The zero-order valence-corrected chi connectivity index (χ0v) is 9.75. The lowest BCUT2D eigenvalue weighted by Crippen LogP contribution is -2.22. The van der Waals surface area contributed by atoms with Gasteiger partial charge in [0.25, 0.3) is 5.91 Å². The van der Waals surface area contributed by atoms with E-state index in [0.29, 0.717) is 6.54 Å². The van der Waals surface area contributed by atoms with Crippen LogP contribution in [0.4, 0.5) is 0 Å². The van der Waals surface area contributed by atoms with Crippen molar-refractivity contribution in [3.05, 3.63) is 52.0 Å². The van der Waals surface area contributed by atoms with Crippen molar-refractivity contribution in [2.75, 3.05) is 0 Å². The molecule has 2 rings (SSSR count). The minimum atomic E-state index is -0.0220. The van der Waals surface area contributed by atoms with E-state index in [1.165, 1.54) is 11.3 Å². The highest BCUT2D eigenvalue weighted by molar-refractivity contribution is 7.12. The molecule has 82 valence electrons. The first kappa shape index (κ1) is 10.8. The number of pyridine rings is 1. The number of hydrogen-bond acceptors (Lipinski definition) is 3. The fourth-order valence-electron chi connectivity index (χ4n) is 1.37. The Balaban J connectivity index is 1.98. The summed E-state index contributed by atoms with van der Waals surface area (Å²) >= 11 is 1.45. The van der Waals surface area contributed by atoms with E-state index in [-0.39, 0.29) is 5.91 Å². The molecule has 0 radical (unpaired) electrons. The minimum absolute atomic E-state index is 0.0220. The maximum absolute atomic E-state index is 11.7. The Morgan fingerprint density at radius 2 is 2.38 bits per heavy atom. The summed E-state index contributed by atoms with van der Waals surface area (Å²) < 4.78 is 0. The van der Waals surface area contributed by atoms with E-state index >= 15 is 0 Å². The minimum Gasteiger partial charge on any atom is -0.347 e. The standard InChI is InChI=1S/C12H12N2OS/c1-9-7-13-5-4-10(9)8-14-12(15)11-3-2-6-16-11/h2-7H,8H2,1H3,(H,14,15). The predicted molar refractivity (Wildman–Crippen MR) is 64.5 cm³/mol. The second kappa shape index (κ2) is 4.90. The van der Waals surface area contributed by atoms with Crippen molar-refractivity contribution in [1.82, 2.24) is 10.3 Å². The predicted octanol–water partition coefficient (Wildman–Crippen LogP) is 2.38. The highest BCUT2D eigenvalue weighted by Gasteiger charge is 2.06. The molecule has 0 unspecified atom stereocenters. The van der Waals surface area contributed by atoms with Gasteiger partial charge in [0.1, 0.15) is 0 Å². The molecule has 0 spiro atoms. The van der Waals surface area contributed by atoms with Crippen LogP contribution in [0.3, 0.4) is 0 Å². The van der Waals surface area contributed by atoms with Crippen LogP contribution in [-0.4, -0.2) is 10.9 Å². The fraction of sp³-hybridized carbons (Fsp3) is 0.167. The molecule has 0 saturated carbocycles. The number of thiophene rings is 1. The summed E-state index contributed by atoms with van der Waals surface area (Å²) in [5, 5.41) is 4.78. The molecular weight excluding hydrogens is 220 g/mol. The largest absolute Gasteiger partial charge is 0.347 e. The van der Waals surface area contributed by atoms with E-state index in [1.807, 2.05) is 30.5 Å². The maximum Gasteiger partial charge on any atom is 0.261 e. The Hall–Kier alpha value is -1.68. The second-order valence-electron chi connectivity index (χ2n) is 3.46. The number of nitrogens with zero attached hydrogens (tertiary/aromatic N) is 1. The number of nitrogens with one attached hydrogen (secondary N) is 1. The number of amides is 1. The normalized spacial score (nSPS) is 10.1. The van der Waals surface area contributed by atoms with Gasteiger partial charge >= 0.3 is 0 Å². The number of aryl methyl sites for hydroxylation is 1. The van der Waals surface area contributed by atoms with E-state index in [2.05, 4.69) is 10.3 Å². The molecule has 2 heterocycles. The van der Waals surface area contributed by atoms with Crippen LogP contribution < -0.4 is 5.32 Å². The quantitative estimate of drug-likeness (QED) is 0.882. The van der Waals surface area contributed by atoms with Crippen molar-refractivity contribution in [2.45, 2.75) is 13.5 Å². The van der Waals surface area contributed by atoms with Gasteiger partial charge in [-0.25, -0.2) is 0 Å². The number of carbonyl (C=O) groups is 1. The lowest BCUT2D eigenvalue weighted by atomic mass is 10.1. The van der Waals surface area contributed by atoms with Crippen molar-refractivity contribution in [3.63, 3.8) is 0 Å². The third-order valence-corrected chi connectivity index (χ3v) is 3.19. The van der Waals surface area contributed by atoms with Gasteiger partial charge in [-0.15, -0.1) is 11.3 Å². The van der Waals surface area contributed by atoms with Gasteiger partial charge < -0.3 is 5.32 Å². The summed E-state index contributed by atoms with van der Waals surface area (Å²) in [5.41, 5.74) is 2.19. The number of carbonyl (C=O) groups excluding carboxylic acids is 1. The van der Waals surface area contributed by atoms with Gasteiger partial charge in [-0.1, -0.05) is 6.07 Å². The molecule has 2 aromatic heterocycles. The summed E-state index contributed by atoms with van der Waals surface area (Å²) in [7, 11) is 0. The van der Waals surface area contributed by atoms with Crippen LogP contribution in [-0.2, 0) is 6.54 Å². The third kappa shape index (κ3) is 2.46. The average molecular weight is 232 g/mol. The van der Waals surface area contributed by atoms with Crippen LogP contribution in [0.25, 0.3) is 0 Å². The van der Waals surface area contributed by atoms with Crippen LogP contribution in [0.2, 0.25) is 0 Å². The van der Waals surface area contributed by atoms with Crippen molar-refractivity contribution < 1.29 is 4.79 Å². The molecule has 0 atom stereocenters. The average Bonchev–Trinajstić information content (AvgIpc) is 2.81. The highest BCUT2D eigenvalue weighted by atomic mass is 32.1. The van der Waals surface area contributed by atoms with Gasteiger partial charge in [-0.05, 0) is 35.6 Å². The van der Waals surface area contributed by atoms with Crippen LogP contribution in [0, 0.1) is 6.92 Å². The van der Waals surface area contributed by atoms with Gasteiger partial charge in [0, 0.05) is 18.9 Å². The molecule has 0 bridgehead atoms. The van der Waals surface area contributed by atoms with E-state index in [9.17, 15) is 4.79 Å². The van der Waals surface area contributed by atoms with Gasteiger partial charge in [0.2, 0.25) is 0 Å². The van der Waals surface area contributed by atoms with Crippen molar-refractivity contribution in [1.29, 1.82) is 0 Å². The molecule has 3 nitrogen and oxygen atoms in total. The Morgan fingerprint density at radius 3 is 3.06 bits per heavy atom. The van der Waals surface area contributed by atoms with Gasteiger partial charge in [0.05, 0.1) is 4.88 Å². The van der Waals surface area contributed by atoms with Crippen molar-refractivity contribution in [3.8, 4) is 0 Å². The van der Waals surface area contributed by atoms with Gasteiger partial charge in [-0.2, -0.15) is 0 Å². The van der Waals surface area contributed by atoms with Crippen molar-refractivity contribution >= 4 is 17.2 Å². The van der Waals surface area contributed by atoms with Crippen LogP contribution in [0.15, 0.2) is 36.0 Å². The molecule has 0 aliphatic heterocycles. The highest BCUT2D eigenvalue weighted by Crippen LogP contribution is 2.09. The van der Waals surface area contributed by atoms with Crippen LogP contribution >= 0.6 is 11.3 Å². The third-order valence-electron chi connectivity index (χ3n) is 2.32. The molecule has 2 aromatic rings. The molecule has 0 aromatic carbocycles. The van der Waals surface area contributed by atoms with E-state index < -0.39 is 0 Å². The summed E-state index contributed by atoms with van der Waals surface area (Å²) in [6.45, 7) is 2.53. The lowest BCUT2D eigenvalue weighted by molar-refractivity contribution is 0.0955. The molecule has 1 amide bonds. The second-order valence-corrected chi connectivity index (χ2v) is 4.41. The summed E-state index contributed by atoms with van der Waals surface area (Å²) in [6, 6.07) is 5.61. The monoisotopic (exact) mass is 232 g/mol. The van der Waals surface area contributed by atoms with E-state index in [0.717, 1.165) is 16.0 Å². The molecule has 1 N–H and O–H groups in total. The zero-order chi connectivity index (χ0) is 11.4. The first-order chi connectivity index (χ1) is 7.77. The number of rotatable bonds is 3. The summed E-state index contributed by atoms with van der Waals surface area (Å²) in [5.74, 6) is -0.0220. The molecule has 0 aliphatic rings. The number of hydrogen-bond donors (Lipinski definition) is 1. The molecule has 0 saturated heterocycles. The summed E-state index contributed by atoms with van der Waals surface area (Å²) in [4.78, 5) is 16.4. The van der Waals surface area contributed by atoms with E-state index in [4.69, 9.17) is 0 Å². The smallest absolute Gasteiger partial charge is 0.261 e. The van der Waals surface area contributed by atoms with E-state index in [1.54, 1.807) is 12.4 Å². The maximum atomic E-state index is 11.7. The Labute approximate surface area is 98.2 Å². The first-order valence-electron chi connectivity index (χ1n) is 4.98. The number of aromatic nitrogens is 1. The van der Waals surface area contributed by atoms with Crippen molar-refractivity contribution in [2.24, 2.45) is 0 Å². The molecule has 16 heavy (non-hydrogen) atoms.